The molecule has 2 N–H and O–H groups in total. The first-order valence-electron chi connectivity index (χ1n) is 6.84. The zero-order valence-corrected chi connectivity index (χ0v) is 11.0. The van der Waals surface area contributed by atoms with Gasteiger partial charge in [-0.3, -0.25) is 4.79 Å². The smallest absolute Gasteiger partial charge is 0.230 e. The van der Waals surface area contributed by atoms with Crippen LogP contribution in [0.3, 0.4) is 0 Å². The number of nitrogens with zero attached hydrogens (tertiary/aromatic N) is 1. The number of hydrogen-bond donors (Lipinski definition) is 1. The molecule has 0 aromatic heterocycles. The van der Waals surface area contributed by atoms with Gasteiger partial charge < -0.3 is 10.6 Å². The number of rotatable bonds is 3. The Bertz CT molecular complexity index is 391. The third-order valence-corrected chi connectivity index (χ3v) is 3.71. The average molecular weight is 246 g/mol. The summed E-state index contributed by atoms with van der Waals surface area (Å²) in [5, 5.41) is 0. The summed E-state index contributed by atoms with van der Waals surface area (Å²) in [6.07, 6.45) is 3.95. The average Bonchev–Trinajstić information content (AvgIpc) is 2.41. The van der Waals surface area contributed by atoms with Crippen molar-refractivity contribution in [3.63, 3.8) is 0 Å². The summed E-state index contributed by atoms with van der Waals surface area (Å²) in [7, 11) is 0. The molecule has 1 saturated carbocycles. The fourth-order valence-electron chi connectivity index (χ4n) is 2.75. The minimum absolute atomic E-state index is 0.105. The maximum absolute atomic E-state index is 12.5. The molecule has 98 valence electrons. The normalized spacial score (nSPS) is 23.7. The topological polar surface area (TPSA) is 46.3 Å². The van der Waals surface area contributed by atoms with E-state index in [9.17, 15) is 4.79 Å². The summed E-state index contributed by atoms with van der Waals surface area (Å²) < 4.78 is 0. The quantitative estimate of drug-likeness (QED) is 0.891. The first-order chi connectivity index (χ1) is 8.72. The molecule has 2 unspecified atom stereocenters. The SMILES string of the molecule is CCN(C(=O)C1CCCC(N)C1)c1ccccc1. The second-order valence-corrected chi connectivity index (χ2v) is 5.04. The molecular formula is C15H22N2O. The molecule has 3 nitrogen and oxygen atoms in total. The number of carbonyl (C=O) groups excluding carboxylic acids is 1. The van der Waals surface area contributed by atoms with Crippen molar-refractivity contribution < 1.29 is 4.79 Å². The van der Waals surface area contributed by atoms with Gasteiger partial charge in [0.1, 0.15) is 0 Å². The molecular weight excluding hydrogens is 224 g/mol. The molecule has 0 bridgehead atoms. The Morgan fingerprint density at radius 3 is 2.67 bits per heavy atom. The summed E-state index contributed by atoms with van der Waals surface area (Å²) in [5.74, 6) is 0.341. The molecule has 1 aliphatic rings. The van der Waals surface area contributed by atoms with Crippen LogP contribution >= 0.6 is 0 Å². The van der Waals surface area contributed by atoms with Gasteiger partial charge in [0.2, 0.25) is 5.91 Å². The van der Waals surface area contributed by atoms with Crippen LogP contribution in [0.5, 0.6) is 0 Å². The fourth-order valence-corrected chi connectivity index (χ4v) is 2.75. The lowest BCUT2D eigenvalue weighted by Gasteiger charge is -2.31. The van der Waals surface area contributed by atoms with Crippen molar-refractivity contribution in [2.24, 2.45) is 11.7 Å². The zero-order chi connectivity index (χ0) is 13.0. The number of anilines is 1. The van der Waals surface area contributed by atoms with Gasteiger partial charge in [0.15, 0.2) is 0 Å². The molecule has 2 rings (SSSR count). The lowest BCUT2D eigenvalue weighted by Crippen LogP contribution is -2.40. The Morgan fingerprint density at radius 1 is 1.33 bits per heavy atom. The Hall–Kier alpha value is -1.35. The van der Waals surface area contributed by atoms with Crippen molar-refractivity contribution in [3.8, 4) is 0 Å². The van der Waals surface area contributed by atoms with Crippen molar-refractivity contribution in [3.05, 3.63) is 30.3 Å². The molecule has 1 aromatic rings. The van der Waals surface area contributed by atoms with Crippen LogP contribution in [0, 0.1) is 5.92 Å². The van der Waals surface area contributed by atoms with E-state index in [1.807, 2.05) is 42.2 Å². The molecule has 1 aromatic carbocycles. The molecule has 1 amide bonds. The summed E-state index contributed by atoms with van der Waals surface area (Å²) >= 11 is 0. The minimum atomic E-state index is 0.105. The molecule has 0 saturated heterocycles. The van der Waals surface area contributed by atoms with E-state index in [1.165, 1.54) is 0 Å². The number of amides is 1. The van der Waals surface area contributed by atoms with Crippen molar-refractivity contribution in [1.82, 2.24) is 0 Å². The Kier molecular flexibility index (Phi) is 4.37. The van der Waals surface area contributed by atoms with Crippen LogP contribution in [0.4, 0.5) is 5.69 Å². The van der Waals surface area contributed by atoms with Crippen LogP contribution in [0.1, 0.15) is 32.6 Å². The molecule has 1 fully saturated rings. The first-order valence-corrected chi connectivity index (χ1v) is 6.84. The van der Waals surface area contributed by atoms with Gasteiger partial charge in [0.05, 0.1) is 0 Å². The van der Waals surface area contributed by atoms with Gasteiger partial charge in [0, 0.05) is 24.2 Å². The van der Waals surface area contributed by atoms with Crippen LogP contribution in [0.25, 0.3) is 0 Å². The van der Waals surface area contributed by atoms with E-state index in [2.05, 4.69) is 0 Å². The van der Waals surface area contributed by atoms with Crippen LogP contribution in [0.15, 0.2) is 30.3 Å². The van der Waals surface area contributed by atoms with Crippen LogP contribution in [0.2, 0.25) is 0 Å². The van der Waals surface area contributed by atoms with Crippen molar-refractivity contribution in [2.45, 2.75) is 38.6 Å². The van der Waals surface area contributed by atoms with E-state index in [0.717, 1.165) is 31.4 Å². The number of benzene rings is 1. The predicted molar refractivity (Wildman–Crippen MR) is 74.4 cm³/mol. The maximum atomic E-state index is 12.5. The number of para-hydroxylation sites is 1. The summed E-state index contributed by atoms with van der Waals surface area (Å²) in [5.41, 5.74) is 6.96. The van der Waals surface area contributed by atoms with Gasteiger partial charge in [-0.2, -0.15) is 0 Å². The van der Waals surface area contributed by atoms with E-state index in [0.29, 0.717) is 6.54 Å². The number of carbonyl (C=O) groups is 1. The van der Waals surface area contributed by atoms with Gasteiger partial charge in [-0.15, -0.1) is 0 Å². The van der Waals surface area contributed by atoms with Gasteiger partial charge >= 0.3 is 0 Å². The highest BCUT2D eigenvalue weighted by Crippen LogP contribution is 2.27. The van der Waals surface area contributed by atoms with Gasteiger partial charge in [-0.1, -0.05) is 24.6 Å². The molecule has 0 spiro atoms. The Labute approximate surface area is 109 Å². The van der Waals surface area contributed by atoms with E-state index >= 15 is 0 Å². The largest absolute Gasteiger partial charge is 0.328 e. The molecule has 0 radical (unpaired) electrons. The molecule has 3 heteroatoms. The van der Waals surface area contributed by atoms with E-state index in [4.69, 9.17) is 5.73 Å². The molecule has 0 heterocycles. The second kappa shape index (κ2) is 6.01. The van der Waals surface area contributed by atoms with Gasteiger partial charge in [-0.25, -0.2) is 0 Å². The van der Waals surface area contributed by atoms with Crippen LogP contribution in [-0.2, 0) is 4.79 Å². The van der Waals surface area contributed by atoms with E-state index in [1.54, 1.807) is 0 Å². The van der Waals surface area contributed by atoms with E-state index in [-0.39, 0.29) is 17.9 Å². The lowest BCUT2D eigenvalue weighted by molar-refractivity contribution is -0.123. The highest BCUT2D eigenvalue weighted by Gasteiger charge is 2.28. The summed E-state index contributed by atoms with van der Waals surface area (Å²) in [4.78, 5) is 14.4. The molecule has 0 aliphatic heterocycles. The monoisotopic (exact) mass is 246 g/mol. The zero-order valence-electron chi connectivity index (χ0n) is 11.0. The van der Waals surface area contributed by atoms with Crippen molar-refractivity contribution in [2.75, 3.05) is 11.4 Å². The Balaban J connectivity index is 2.10. The molecule has 2 atom stereocenters. The third kappa shape index (κ3) is 2.91. The molecule has 1 aliphatic carbocycles. The highest BCUT2D eigenvalue weighted by molar-refractivity contribution is 5.95. The first kappa shape index (κ1) is 13.1. The van der Waals surface area contributed by atoms with Gasteiger partial charge in [-0.05, 0) is 38.3 Å². The highest BCUT2D eigenvalue weighted by atomic mass is 16.2. The summed E-state index contributed by atoms with van der Waals surface area (Å²) in [6.45, 7) is 2.74. The predicted octanol–water partition coefficient (Wildman–Crippen LogP) is 2.56. The fraction of sp³-hybridized carbons (Fsp3) is 0.533. The number of hydrogen-bond acceptors (Lipinski definition) is 2. The standard InChI is InChI=1S/C15H22N2O/c1-2-17(14-9-4-3-5-10-14)15(18)12-7-6-8-13(16)11-12/h3-5,9-10,12-13H,2,6-8,11,16H2,1H3. The van der Waals surface area contributed by atoms with Crippen molar-refractivity contribution in [1.29, 1.82) is 0 Å². The Morgan fingerprint density at radius 2 is 2.06 bits per heavy atom. The minimum Gasteiger partial charge on any atom is -0.328 e. The van der Waals surface area contributed by atoms with Gasteiger partial charge in [0.25, 0.3) is 0 Å². The van der Waals surface area contributed by atoms with Crippen LogP contribution in [-0.4, -0.2) is 18.5 Å². The summed E-state index contributed by atoms with van der Waals surface area (Å²) in [6, 6.07) is 10.1. The lowest BCUT2D eigenvalue weighted by atomic mass is 9.85. The van der Waals surface area contributed by atoms with Crippen LogP contribution < -0.4 is 10.6 Å². The third-order valence-electron chi connectivity index (χ3n) is 3.71. The second-order valence-electron chi connectivity index (χ2n) is 5.04. The number of nitrogens with two attached hydrogens (primary N) is 1. The maximum Gasteiger partial charge on any atom is 0.230 e. The van der Waals surface area contributed by atoms with E-state index < -0.39 is 0 Å². The van der Waals surface area contributed by atoms with Crippen molar-refractivity contribution >= 4 is 11.6 Å². The molecule has 18 heavy (non-hydrogen) atoms.